The summed E-state index contributed by atoms with van der Waals surface area (Å²) in [4.78, 5) is 0. The van der Waals surface area contributed by atoms with Crippen molar-refractivity contribution in [3.05, 3.63) is 36.0 Å². The Hall–Kier alpha value is -1.28. The molecule has 1 N–H and O–H groups in total. The van der Waals surface area contributed by atoms with Gasteiger partial charge in [0.25, 0.3) is 0 Å². The van der Waals surface area contributed by atoms with Gasteiger partial charge in [-0.2, -0.15) is 0 Å². The number of para-hydroxylation sites is 1. The van der Waals surface area contributed by atoms with Gasteiger partial charge in [-0.1, -0.05) is 39.0 Å². The Kier molecular flexibility index (Phi) is 3.97. The molecule has 0 bridgehead atoms. The average molecular weight is 272 g/mol. The molecule has 0 aliphatic rings. The maximum atomic E-state index is 3.72. The van der Waals surface area contributed by atoms with E-state index in [9.17, 15) is 0 Å². The molecule has 2 rings (SSSR count). The van der Waals surface area contributed by atoms with E-state index in [1.807, 2.05) is 0 Å². The molecule has 2 heteroatoms. The van der Waals surface area contributed by atoms with Crippen molar-refractivity contribution in [2.24, 2.45) is 12.5 Å². The number of rotatable bonds is 4. The topological polar surface area (TPSA) is 17.0 Å². The number of aromatic nitrogens is 1. The van der Waals surface area contributed by atoms with Gasteiger partial charge in [-0.15, -0.1) is 0 Å². The number of hydrogen-bond acceptors (Lipinski definition) is 1. The van der Waals surface area contributed by atoms with Crippen molar-refractivity contribution >= 4 is 10.9 Å². The minimum Gasteiger partial charge on any atom is -0.350 e. The van der Waals surface area contributed by atoms with Crippen molar-refractivity contribution < 1.29 is 0 Å². The van der Waals surface area contributed by atoms with E-state index in [4.69, 9.17) is 0 Å². The lowest BCUT2D eigenvalue weighted by atomic mass is 9.82. The van der Waals surface area contributed by atoms with Crippen LogP contribution in [0.15, 0.2) is 30.5 Å². The summed E-state index contributed by atoms with van der Waals surface area (Å²) >= 11 is 0. The molecule has 0 aliphatic carbocycles. The van der Waals surface area contributed by atoms with Crippen LogP contribution < -0.4 is 5.32 Å². The number of aryl methyl sites for hydroxylation is 1. The zero-order valence-corrected chi connectivity index (χ0v) is 13.7. The molecular formula is C18H28N2. The molecule has 0 aliphatic heterocycles. The van der Waals surface area contributed by atoms with E-state index >= 15 is 0 Å². The van der Waals surface area contributed by atoms with Gasteiger partial charge in [-0.25, -0.2) is 0 Å². The normalized spacial score (nSPS) is 13.1. The smallest absolute Gasteiger partial charge is 0.0481 e. The SMILES string of the molecule is Cn1cc(CNC(C)(C)CC(C)(C)C)c2ccccc21. The monoisotopic (exact) mass is 272 g/mol. The van der Waals surface area contributed by atoms with E-state index < -0.39 is 0 Å². The zero-order valence-electron chi connectivity index (χ0n) is 13.7. The molecule has 0 unspecified atom stereocenters. The second-order valence-corrected chi connectivity index (χ2v) is 7.76. The van der Waals surface area contributed by atoms with Crippen LogP contribution in [-0.4, -0.2) is 10.1 Å². The van der Waals surface area contributed by atoms with Gasteiger partial charge < -0.3 is 9.88 Å². The Morgan fingerprint density at radius 2 is 1.70 bits per heavy atom. The fourth-order valence-corrected chi connectivity index (χ4v) is 3.29. The Bertz CT molecular complexity index is 585. The third-order valence-electron chi connectivity index (χ3n) is 3.71. The highest BCUT2D eigenvalue weighted by molar-refractivity contribution is 5.83. The Morgan fingerprint density at radius 1 is 1.05 bits per heavy atom. The molecule has 1 aromatic heterocycles. The Balaban J connectivity index is 2.13. The van der Waals surface area contributed by atoms with Crippen LogP contribution in [0.3, 0.4) is 0 Å². The predicted molar refractivity (Wildman–Crippen MR) is 87.9 cm³/mol. The average Bonchev–Trinajstić information content (AvgIpc) is 2.62. The Labute approximate surface area is 123 Å². The zero-order chi connectivity index (χ0) is 15.0. The molecule has 20 heavy (non-hydrogen) atoms. The van der Waals surface area contributed by atoms with Crippen molar-refractivity contribution in [1.82, 2.24) is 9.88 Å². The lowest BCUT2D eigenvalue weighted by Gasteiger charge is -2.33. The third-order valence-corrected chi connectivity index (χ3v) is 3.71. The van der Waals surface area contributed by atoms with E-state index in [1.54, 1.807) is 0 Å². The van der Waals surface area contributed by atoms with Crippen molar-refractivity contribution in [3.63, 3.8) is 0 Å². The van der Waals surface area contributed by atoms with Crippen LogP contribution >= 0.6 is 0 Å². The van der Waals surface area contributed by atoms with E-state index in [1.165, 1.54) is 16.5 Å². The van der Waals surface area contributed by atoms with E-state index in [0.717, 1.165) is 13.0 Å². The van der Waals surface area contributed by atoms with E-state index in [2.05, 4.69) is 82.0 Å². The van der Waals surface area contributed by atoms with Crippen molar-refractivity contribution in [3.8, 4) is 0 Å². The molecule has 0 fully saturated rings. The van der Waals surface area contributed by atoms with Gasteiger partial charge in [0.1, 0.15) is 0 Å². The van der Waals surface area contributed by atoms with Crippen LogP contribution in [0.1, 0.15) is 46.6 Å². The summed E-state index contributed by atoms with van der Waals surface area (Å²) in [5, 5.41) is 5.08. The van der Waals surface area contributed by atoms with Crippen LogP contribution in [0.25, 0.3) is 10.9 Å². The predicted octanol–water partition coefficient (Wildman–Crippen LogP) is 4.48. The van der Waals surface area contributed by atoms with Gasteiger partial charge in [-0.3, -0.25) is 0 Å². The molecule has 1 heterocycles. The maximum absolute atomic E-state index is 3.72. The number of hydrogen-bond donors (Lipinski definition) is 1. The van der Waals surface area contributed by atoms with Gasteiger partial charge in [0, 0.05) is 36.2 Å². The van der Waals surface area contributed by atoms with Crippen LogP contribution in [0.4, 0.5) is 0 Å². The summed E-state index contributed by atoms with van der Waals surface area (Å²) in [6.07, 6.45) is 3.40. The van der Waals surface area contributed by atoms with Crippen LogP contribution in [-0.2, 0) is 13.6 Å². The van der Waals surface area contributed by atoms with Crippen molar-refractivity contribution in [2.75, 3.05) is 0 Å². The van der Waals surface area contributed by atoms with E-state index in [-0.39, 0.29) is 5.54 Å². The lowest BCUT2D eigenvalue weighted by molar-refractivity contribution is 0.241. The van der Waals surface area contributed by atoms with Gasteiger partial charge in [0.2, 0.25) is 0 Å². The molecule has 0 atom stereocenters. The third kappa shape index (κ3) is 3.63. The van der Waals surface area contributed by atoms with Gasteiger partial charge in [-0.05, 0) is 37.3 Å². The highest BCUT2D eigenvalue weighted by atomic mass is 15.0. The first-order valence-electron chi connectivity index (χ1n) is 7.46. The lowest BCUT2D eigenvalue weighted by Crippen LogP contribution is -2.41. The molecular weight excluding hydrogens is 244 g/mol. The van der Waals surface area contributed by atoms with Crippen LogP contribution in [0.2, 0.25) is 0 Å². The summed E-state index contributed by atoms with van der Waals surface area (Å²) in [6, 6.07) is 8.61. The fraction of sp³-hybridized carbons (Fsp3) is 0.556. The van der Waals surface area contributed by atoms with Gasteiger partial charge in [0.15, 0.2) is 0 Å². The number of benzene rings is 1. The molecule has 1 aromatic carbocycles. The first-order valence-corrected chi connectivity index (χ1v) is 7.46. The molecule has 0 spiro atoms. The second-order valence-electron chi connectivity index (χ2n) is 7.76. The molecule has 0 saturated carbocycles. The summed E-state index contributed by atoms with van der Waals surface area (Å²) in [5.41, 5.74) is 3.17. The molecule has 0 amide bonds. The maximum Gasteiger partial charge on any atom is 0.0481 e. The Morgan fingerprint density at radius 3 is 2.35 bits per heavy atom. The highest BCUT2D eigenvalue weighted by Gasteiger charge is 2.25. The first-order chi connectivity index (χ1) is 9.18. The fourth-order valence-electron chi connectivity index (χ4n) is 3.29. The summed E-state index contributed by atoms with van der Waals surface area (Å²) in [7, 11) is 2.12. The van der Waals surface area contributed by atoms with Gasteiger partial charge in [0.05, 0.1) is 0 Å². The first kappa shape index (κ1) is 15.1. The van der Waals surface area contributed by atoms with Crippen LogP contribution in [0.5, 0.6) is 0 Å². The van der Waals surface area contributed by atoms with E-state index in [0.29, 0.717) is 5.41 Å². The largest absolute Gasteiger partial charge is 0.350 e. The molecule has 0 radical (unpaired) electrons. The molecule has 2 nitrogen and oxygen atoms in total. The standard InChI is InChI=1S/C18H28N2/c1-17(2,3)13-18(4,5)19-11-14-12-20(6)16-10-8-7-9-15(14)16/h7-10,12,19H,11,13H2,1-6H3. The van der Waals surface area contributed by atoms with Crippen molar-refractivity contribution in [2.45, 2.75) is 53.1 Å². The summed E-state index contributed by atoms with van der Waals surface area (Å²) < 4.78 is 2.21. The summed E-state index contributed by atoms with van der Waals surface area (Å²) in [5.74, 6) is 0. The van der Waals surface area contributed by atoms with Gasteiger partial charge >= 0.3 is 0 Å². The molecule has 0 saturated heterocycles. The van der Waals surface area contributed by atoms with Crippen LogP contribution in [0, 0.1) is 5.41 Å². The highest BCUT2D eigenvalue weighted by Crippen LogP contribution is 2.28. The number of nitrogens with zero attached hydrogens (tertiary/aromatic N) is 1. The number of nitrogens with one attached hydrogen (secondary N) is 1. The molecule has 110 valence electrons. The second kappa shape index (κ2) is 5.25. The number of fused-ring (bicyclic) bond motifs is 1. The minimum absolute atomic E-state index is 0.148. The summed E-state index contributed by atoms with van der Waals surface area (Å²) in [6.45, 7) is 12.4. The molecule has 2 aromatic rings. The van der Waals surface area contributed by atoms with Crippen molar-refractivity contribution in [1.29, 1.82) is 0 Å². The minimum atomic E-state index is 0.148. The quantitative estimate of drug-likeness (QED) is 0.868.